The van der Waals surface area contributed by atoms with Crippen LogP contribution in [0.15, 0.2) is 35.6 Å². The van der Waals surface area contributed by atoms with Crippen LogP contribution in [0.1, 0.15) is 19.3 Å². The monoisotopic (exact) mass is 234 g/mol. The second-order valence-corrected chi connectivity index (χ2v) is 4.85. The van der Waals surface area contributed by atoms with E-state index in [4.69, 9.17) is 0 Å². The molecule has 1 heterocycles. The third kappa shape index (κ3) is 3.72. The lowest BCUT2D eigenvalue weighted by molar-refractivity contribution is 0.217. The van der Waals surface area contributed by atoms with E-state index in [0.717, 1.165) is 19.6 Å². The van der Waals surface area contributed by atoms with Crippen molar-refractivity contribution >= 4 is 0 Å². The van der Waals surface area contributed by atoms with Gasteiger partial charge in [-0.1, -0.05) is 18.2 Å². The van der Waals surface area contributed by atoms with Crippen LogP contribution in [0.4, 0.5) is 0 Å². The quantitative estimate of drug-likeness (QED) is 0.784. The molecule has 0 aromatic rings. The molecule has 0 aromatic carbocycles. The van der Waals surface area contributed by atoms with Gasteiger partial charge in [-0.3, -0.25) is 4.90 Å². The lowest BCUT2D eigenvalue weighted by atomic mass is 10.0. The van der Waals surface area contributed by atoms with Gasteiger partial charge in [-0.2, -0.15) is 0 Å². The van der Waals surface area contributed by atoms with Gasteiger partial charge in [0.05, 0.1) is 5.76 Å². The molecule has 2 N–H and O–H groups in total. The highest BCUT2D eigenvalue weighted by atomic mass is 16.3. The predicted octanol–water partition coefficient (Wildman–Crippen LogP) is 2.00. The van der Waals surface area contributed by atoms with E-state index in [9.17, 15) is 5.11 Å². The SMILES string of the molecule is CNC1CCN(CC2=CC=C(O)CC=C2)CC1. The zero-order chi connectivity index (χ0) is 12.1. The summed E-state index contributed by atoms with van der Waals surface area (Å²) >= 11 is 0. The van der Waals surface area contributed by atoms with Gasteiger partial charge in [-0.15, -0.1) is 0 Å². The number of hydrogen-bond donors (Lipinski definition) is 2. The van der Waals surface area contributed by atoms with Gasteiger partial charge in [-0.05, 0) is 44.6 Å². The molecular weight excluding hydrogens is 212 g/mol. The van der Waals surface area contributed by atoms with E-state index in [1.807, 2.05) is 25.3 Å². The maximum atomic E-state index is 9.42. The Morgan fingerprint density at radius 1 is 1.35 bits per heavy atom. The Bertz CT molecular complexity index is 336. The predicted molar refractivity (Wildman–Crippen MR) is 71.1 cm³/mol. The first kappa shape index (κ1) is 12.4. The molecule has 17 heavy (non-hydrogen) atoms. The van der Waals surface area contributed by atoms with Crippen LogP contribution < -0.4 is 5.32 Å². The number of nitrogens with one attached hydrogen (secondary N) is 1. The summed E-state index contributed by atoms with van der Waals surface area (Å²) in [6.45, 7) is 3.31. The molecule has 0 atom stereocenters. The van der Waals surface area contributed by atoms with Crippen molar-refractivity contribution in [2.75, 3.05) is 26.7 Å². The molecule has 1 fully saturated rings. The number of aliphatic hydroxyl groups excluding tert-OH is 1. The number of hydrogen-bond acceptors (Lipinski definition) is 3. The summed E-state index contributed by atoms with van der Waals surface area (Å²) in [4.78, 5) is 2.49. The van der Waals surface area contributed by atoms with Gasteiger partial charge in [-0.25, -0.2) is 0 Å². The number of aliphatic hydroxyl groups is 1. The average molecular weight is 234 g/mol. The number of nitrogens with zero attached hydrogens (tertiary/aromatic N) is 1. The maximum absolute atomic E-state index is 9.42. The van der Waals surface area contributed by atoms with Gasteiger partial charge in [0.25, 0.3) is 0 Å². The third-order valence-corrected chi connectivity index (χ3v) is 3.55. The second kappa shape index (κ2) is 6.03. The lowest BCUT2D eigenvalue weighted by Crippen LogP contribution is -2.41. The smallest absolute Gasteiger partial charge is 0.0960 e. The highest BCUT2D eigenvalue weighted by Gasteiger charge is 2.17. The van der Waals surface area contributed by atoms with Gasteiger partial charge in [0.15, 0.2) is 0 Å². The van der Waals surface area contributed by atoms with Crippen LogP contribution >= 0.6 is 0 Å². The zero-order valence-corrected chi connectivity index (χ0v) is 10.5. The van der Waals surface area contributed by atoms with Gasteiger partial charge in [0, 0.05) is 19.0 Å². The fourth-order valence-electron chi connectivity index (χ4n) is 2.40. The van der Waals surface area contributed by atoms with Crippen molar-refractivity contribution in [2.24, 2.45) is 0 Å². The molecule has 94 valence electrons. The van der Waals surface area contributed by atoms with Gasteiger partial charge in [0.2, 0.25) is 0 Å². The summed E-state index contributed by atoms with van der Waals surface area (Å²) in [5.41, 5.74) is 1.29. The Hall–Kier alpha value is -1.06. The largest absolute Gasteiger partial charge is 0.512 e. The first-order chi connectivity index (χ1) is 8.28. The summed E-state index contributed by atoms with van der Waals surface area (Å²) < 4.78 is 0. The molecule has 3 heteroatoms. The van der Waals surface area contributed by atoms with E-state index in [0.29, 0.717) is 18.2 Å². The van der Waals surface area contributed by atoms with Crippen molar-refractivity contribution < 1.29 is 5.11 Å². The van der Waals surface area contributed by atoms with Crippen LogP contribution in [0.25, 0.3) is 0 Å². The molecule has 0 bridgehead atoms. The Kier molecular flexibility index (Phi) is 4.40. The van der Waals surface area contributed by atoms with E-state index >= 15 is 0 Å². The van der Waals surface area contributed by atoms with Crippen molar-refractivity contribution in [2.45, 2.75) is 25.3 Å². The van der Waals surface area contributed by atoms with Crippen molar-refractivity contribution in [3.05, 3.63) is 35.6 Å². The molecule has 2 rings (SSSR count). The fraction of sp³-hybridized carbons (Fsp3) is 0.571. The van der Waals surface area contributed by atoms with Crippen LogP contribution in [0, 0.1) is 0 Å². The molecule has 3 nitrogen and oxygen atoms in total. The molecule has 0 radical (unpaired) electrons. The first-order valence-electron chi connectivity index (χ1n) is 6.43. The second-order valence-electron chi connectivity index (χ2n) is 4.85. The Morgan fingerprint density at radius 2 is 2.12 bits per heavy atom. The van der Waals surface area contributed by atoms with Gasteiger partial charge in [0.1, 0.15) is 0 Å². The van der Waals surface area contributed by atoms with Crippen LogP contribution in [-0.2, 0) is 0 Å². The zero-order valence-electron chi connectivity index (χ0n) is 10.5. The summed E-state index contributed by atoms with van der Waals surface area (Å²) in [5.74, 6) is 0.449. The van der Waals surface area contributed by atoms with E-state index in [-0.39, 0.29) is 0 Å². The average Bonchev–Trinajstić information content (AvgIpc) is 2.56. The summed E-state index contributed by atoms with van der Waals surface area (Å²) in [7, 11) is 2.05. The van der Waals surface area contributed by atoms with E-state index in [1.54, 1.807) is 0 Å². The minimum absolute atomic E-state index is 0.449. The first-order valence-corrected chi connectivity index (χ1v) is 6.43. The lowest BCUT2D eigenvalue weighted by Gasteiger charge is -2.31. The minimum Gasteiger partial charge on any atom is -0.512 e. The topological polar surface area (TPSA) is 35.5 Å². The molecule has 0 aromatic heterocycles. The molecule has 2 aliphatic rings. The summed E-state index contributed by atoms with van der Waals surface area (Å²) in [5, 5.41) is 12.8. The van der Waals surface area contributed by atoms with Crippen molar-refractivity contribution in [3.8, 4) is 0 Å². The van der Waals surface area contributed by atoms with Crippen molar-refractivity contribution in [3.63, 3.8) is 0 Å². The van der Waals surface area contributed by atoms with E-state index < -0.39 is 0 Å². The molecule has 0 amide bonds. The fourth-order valence-corrected chi connectivity index (χ4v) is 2.40. The molecular formula is C14H22N2O. The highest BCUT2D eigenvalue weighted by Crippen LogP contribution is 2.14. The number of likely N-dealkylation sites (tertiary alicyclic amines) is 1. The normalized spacial score (nSPS) is 23.1. The molecule has 0 saturated carbocycles. The standard InChI is InChI=1S/C14H22N2O/c1-15-13-7-9-16(10-8-13)11-12-3-2-4-14(17)6-5-12/h2-3,5-6,13,15,17H,4,7-11H2,1H3. The highest BCUT2D eigenvalue weighted by molar-refractivity contribution is 5.30. The van der Waals surface area contributed by atoms with Crippen molar-refractivity contribution in [1.82, 2.24) is 10.2 Å². The number of piperidine rings is 1. The Labute approximate surface area is 104 Å². The number of allylic oxidation sites excluding steroid dienone is 3. The summed E-state index contributed by atoms with van der Waals surface area (Å²) in [6, 6.07) is 0.689. The van der Waals surface area contributed by atoms with Crippen molar-refractivity contribution in [1.29, 1.82) is 0 Å². The Balaban J connectivity index is 1.85. The van der Waals surface area contributed by atoms with Gasteiger partial charge >= 0.3 is 0 Å². The molecule has 1 saturated heterocycles. The molecule has 1 aliphatic carbocycles. The summed E-state index contributed by atoms with van der Waals surface area (Å²) in [6.07, 6.45) is 11.1. The van der Waals surface area contributed by atoms with Gasteiger partial charge < -0.3 is 10.4 Å². The maximum Gasteiger partial charge on any atom is 0.0960 e. The van der Waals surface area contributed by atoms with E-state index in [2.05, 4.69) is 16.3 Å². The minimum atomic E-state index is 0.449. The number of rotatable bonds is 3. The van der Waals surface area contributed by atoms with Crippen LogP contribution in [0.3, 0.4) is 0 Å². The van der Waals surface area contributed by atoms with Crippen LogP contribution in [0.2, 0.25) is 0 Å². The third-order valence-electron chi connectivity index (χ3n) is 3.55. The van der Waals surface area contributed by atoms with Crippen LogP contribution in [0.5, 0.6) is 0 Å². The molecule has 1 aliphatic heterocycles. The molecule has 0 unspecified atom stereocenters. The van der Waals surface area contributed by atoms with Crippen LogP contribution in [-0.4, -0.2) is 42.7 Å². The molecule has 0 spiro atoms. The Morgan fingerprint density at radius 3 is 2.82 bits per heavy atom. The van der Waals surface area contributed by atoms with E-state index in [1.165, 1.54) is 18.4 Å².